The highest BCUT2D eigenvalue weighted by Gasteiger charge is 2.24. The van der Waals surface area contributed by atoms with Crippen LogP contribution in [0.5, 0.6) is 5.75 Å². The second kappa shape index (κ2) is 12.0. The van der Waals surface area contributed by atoms with Crippen molar-refractivity contribution >= 4 is 0 Å². The summed E-state index contributed by atoms with van der Waals surface area (Å²) in [4.78, 5) is 0. The zero-order valence-corrected chi connectivity index (χ0v) is 20.1. The van der Waals surface area contributed by atoms with Crippen LogP contribution in [-0.4, -0.2) is 7.11 Å². The second-order valence-corrected chi connectivity index (χ2v) is 9.35. The minimum absolute atomic E-state index is 0.240. The lowest BCUT2D eigenvalue weighted by Crippen LogP contribution is -2.13. The summed E-state index contributed by atoms with van der Waals surface area (Å²) in [6.45, 7) is 4.30. The third kappa shape index (κ3) is 5.71. The molecular formula is C29H38FNO. The Morgan fingerprint density at radius 2 is 1.72 bits per heavy atom. The van der Waals surface area contributed by atoms with E-state index in [9.17, 15) is 9.65 Å². The first-order valence-electron chi connectivity index (χ1n) is 12.5. The molecule has 0 spiro atoms. The molecule has 2 nitrogen and oxygen atoms in total. The standard InChI is InChI=1S/C29H38FNO/c1-4-6-7-8-10-21-11-13-22(14-12-21)24-16-17-26(25(19-24)20-31)27-18-15-23(9-5-2)28(30)29(27)32-3/h15-19,21-22H,4-14H2,1-3H3. The van der Waals surface area contributed by atoms with Crippen LogP contribution in [0.3, 0.4) is 0 Å². The first-order valence-corrected chi connectivity index (χ1v) is 12.5. The molecule has 0 amide bonds. The molecule has 0 radical (unpaired) electrons. The van der Waals surface area contributed by atoms with Gasteiger partial charge < -0.3 is 4.74 Å². The molecule has 1 aliphatic rings. The number of hydrogen-bond donors (Lipinski definition) is 0. The fourth-order valence-electron chi connectivity index (χ4n) is 5.26. The van der Waals surface area contributed by atoms with Gasteiger partial charge in [0.15, 0.2) is 11.6 Å². The molecule has 0 aliphatic heterocycles. The van der Waals surface area contributed by atoms with Crippen LogP contribution in [0.4, 0.5) is 4.39 Å². The van der Waals surface area contributed by atoms with Gasteiger partial charge >= 0.3 is 0 Å². The van der Waals surface area contributed by atoms with E-state index in [-0.39, 0.29) is 11.6 Å². The van der Waals surface area contributed by atoms with Crippen molar-refractivity contribution in [1.29, 1.82) is 5.26 Å². The lowest BCUT2D eigenvalue weighted by atomic mass is 9.76. The number of ether oxygens (including phenoxy) is 1. The van der Waals surface area contributed by atoms with Crippen molar-refractivity contribution in [3.8, 4) is 22.9 Å². The summed E-state index contributed by atoms with van der Waals surface area (Å²) in [5, 5.41) is 9.87. The van der Waals surface area contributed by atoms with Gasteiger partial charge in [0.1, 0.15) is 0 Å². The monoisotopic (exact) mass is 435 g/mol. The largest absolute Gasteiger partial charge is 0.493 e. The maximum atomic E-state index is 15.0. The molecule has 1 fully saturated rings. The number of hydrogen-bond acceptors (Lipinski definition) is 2. The summed E-state index contributed by atoms with van der Waals surface area (Å²) in [5.41, 5.74) is 3.92. The Morgan fingerprint density at radius 1 is 0.969 bits per heavy atom. The van der Waals surface area contributed by atoms with Crippen LogP contribution in [0.25, 0.3) is 11.1 Å². The molecule has 0 bridgehead atoms. The Hall–Kier alpha value is -2.34. The quantitative estimate of drug-likeness (QED) is 0.350. The number of methoxy groups -OCH3 is 1. The molecule has 0 atom stereocenters. The number of nitrogens with zero attached hydrogens (tertiary/aromatic N) is 1. The van der Waals surface area contributed by atoms with Crippen LogP contribution < -0.4 is 4.74 Å². The fraction of sp³-hybridized carbons (Fsp3) is 0.552. The second-order valence-electron chi connectivity index (χ2n) is 9.35. The van der Waals surface area contributed by atoms with Crippen molar-refractivity contribution in [1.82, 2.24) is 0 Å². The topological polar surface area (TPSA) is 33.0 Å². The lowest BCUT2D eigenvalue weighted by molar-refractivity contribution is 0.302. The van der Waals surface area contributed by atoms with Crippen LogP contribution in [0, 0.1) is 23.1 Å². The lowest BCUT2D eigenvalue weighted by Gasteiger charge is -2.29. The van der Waals surface area contributed by atoms with Crippen molar-refractivity contribution < 1.29 is 9.13 Å². The molecular weight excluding hydrogens is 397 g/mol. The van der Waals surface area contributed by atoms with E-state index in [1.165, 1.54) is 70.5 Å². The Kier molecular flexibility index (Phi) is 9.15. The van der Waals surface area contributed by atoms with Gasteiger partial charge in [0.25, 0.3) is 0 Å². The van der Waals surface area contributed by atoms with Gasteiger partial charge in [0.05, 0.1) is 18.7 Å². The Labute approximate surface area is 193 Å². The van der Waals surface area contributed by atoms with Crippen molar-refractivity contribution in [2.45, 2.75) is 90.4 Å². The van der Waals surface area contributed by atoms with E-state index in [1.807, 2.05) is 31.2 Å². The van der Waals surface area contributed by atoms with Crippen LogP contribution in [0.15, 0.2) is 30.3 Å². The van der Waals surface area contributed by atoms with E-state index in [0.717, 1.165) is 17.9 Å². The van der Waals surface area contributed by atoms with Gasteiger partial charge in [-0.15, -0.1) is 0 Å². The highest BCUT2D eigenvalue weighted by molar-refractivity contribution is 5.77. The first-order chi connectivity index (χ1) is 15.6. The fourth-order valence-corrected chi connectivity index (χ4v) is 5.26. The van der Waals surface area contributed by atoms with Crippen molar-refractivity contribution in [3.63, 3.8) is 0 Å². The van der Waals surface area contributed by atoms with Crippen molar-refractivity contribution in [2.75, 3.05) is 7.11 Å². The zero-order chi connectivity index (χ0) is 22.9. The molecule has 2 aromatic rings. The third-order valence-corrected chi connectivity index (χ3v) is 7.14. The minimum Gasteiger partial charge on any atom is -0.493 e. The van der Waals surface area contributed by atoms with Gasteiger partial charge in [-0.2, -0.15) is 5.26 Å². The van der Waals surface area contributed by atoms with Crippen LogP contribution in [0.2, 0.25) is 0 Å². The van der Waals surface area contributed by atoms with Crippen LogP contribution in [0.1, 0.15) is 101 Å². The average molecular weight is 436 g/mol. The molecule has 1 saturated carbocycles. The van der Waals surface area contributed by atoms with E-state index in [4.69, 9.17) is 4.74 Å². The van der Waals surface area contributed by atoms with E-state index in [1.54, 1.807) is 0 Å². The normalized spacial score (nSPS) is 18.3. The number of halogens is 1. The predicted octanol–water partition coefficient (Wildman–Crippen LogP) is 8.57. The molecule has 3 heteroatoms. The van der Waals surface area contributed by atoms with Gasteiger partial charge in [0.2, 0.25) is 0 Å². The Morgan fingerprint density at radius 3 is 2.38 bits per heavy atom. The molecule has 32 heavy (non-hydrogen) atoms. The van der Waals surface area contributed by atoms with Gasteiger partial charge in [-0.25, -0.2) is 4.39 Å². The molecule has 0 N–H and O–H groups in total. The molecule has 0 unspecified atom stereocenters. The summed E-state index contributed by atoms with van der Waals surface area (Å²) >= 11 is 0. The van der Waals surface area contributed by atoms with E-state index in [2.05, 4.69) is 19.1 Å². The summed E-state index contributed by atoms with van der Waals surface area (Å²) in [7, 11) is 1.50. The maximum absolute atomic E-state index is 15.0. The zero-order valence-electron chi connectivity index (χ0n) is 20.1. The van der Waals surface area contributed by atoms with Gasteiger partial charge in [-0.1, -0.05) is 76.6 Å². The van der Waals surface area contributed by atoms with Gasteiger partial charge in [-0.3, -0.25) is 0 Å². The average Bonchev–Trinajstić information content (AvgIpc) is 2.83. The van der Waals surface area contributed by atoms with Gasteiger partial charge in [0, 0.05) is 11.1 Å². The molecule has 0 saturated heterocycles. The highest BCUT2D eigenvalue weighted by atomic mass is 19.1. The van der Waals surface area contributed by atoms with E-state index in [0.29, 0.717) is 29.0 Å². The first kappa shape index (κ1) is 24.3. The number of nitriles is 1. The molecule has 1 aliphatic carbocycles. The number of unbranched alkanes of at least 4 members (excludes halogenated alkanes) is 3. The highest BCUT2D eigenvalue weighted by Crippen LogP contribution is 2.41. The summed E-state index contributed by atoms with van der Waals surface area (Å²) in [5.74, 6) is 1.32. The van der Waals surface area contributed by atoms with Crippen LogP contribution >= 0.6 is 0 Å². The molecule has 172 valence electrons. The molecule has 2 aromatic carbocycles. The molecule has 0 aromatic heterocycles. The van der Waals surface area contributed by atoms with Crippen molar-refractivity contribution in [3.05, 3.63) is 52.8 Å². The SMILES string of the molecule is CCCCCCC1CCC(c2ccc(-c3ccc(CCC)c(F)c3OC)c(C#N)c2)CC1. The van der Waals surface area contributed by atoms with Gasteiger partial charge in [-0.05, 0) is 61.1 Å². The van der Waals surface area contributed by atoms with E-state index >= 15 is 0 Å². The summed E-state index contributed by atoms with van der Waals surface area (Å²) < 4.78 is 20.4. The maximum Gasteiger partial charge on any atom is 0.168 e. The predicted molar refractivity (Wildman–Crippen MR) is 131 cm³/mol. The number of benzene rings is 2. The Bertz CT molecular complexity index is 921. The van der Waals surface area contributed by atoms with Crippen LogP contribution in [-0.2, 0) is 6.42 Å². The summed E-state index contributed by atoms with van der Waals surface area (Å²) in [6.07, 6.45) is 13.3. The number of rotatable bonds is 10. The number of aryl methyl sites for hydroxylation is 1. The van der Waals surface area contributed by atoms with E-state index < -0.39 is 0 Å². The Balaban J connectivity index is 1.75. The molecule has 0 heterocycles. The third-order valence-electron chi connectivity index (χ3n) is 7.14. The summed E-state index contributed by atoms with van der Waals surface area (Å²) in [6, 6.07) is 12.2. The molecule has 3 rings (SSSR count). The smallest absolute Gasteiger partial charge is 0.168 e. The minimum atomic E-state index is -0.308. The van der Waals surface area contributed by atoms with Crippen molar-refractivity contribution in [2.24, 2.45) is 5.92 Å².